The molecule has 0 unspecified atom stereocenters. The molecule has 0 atom stereocenters. The van der Waals surface area contributed by atoms with Crippen LogP contribution in [0, 0.1) is 6.92 Å². The smallest absolute Gasteiger partial charge is 0.340 e. The van der Waals surface area contributed by atoms with Gasteiger partial charge in [0.2, 0.25) is 11.8 Å². The number of rotatable bonds is 5. The van der Waals surface area contributed by atoms with E-state index >= 15 is 0 Å². The average molecular weight is 404 g/mol. The van der Waals surface area contributed by atoms with Gasteiger partial charge in [-0.25, -0.2) is 13.6 Å². The number of carbonyl (C=O) groups is 3. The van der Waals surface area contributed by atoms with E-state index in [-0.39, 0.29) is 50.0 Å². The summed E-state index contributed by atoms with van der Waals surface area (Å²) in [6.07, 6.45) is -0.0790. The Balaban J connectivity index is 1.57. The number of alkyl halides is 2. The summed E-state index contributed by atoms with van der Waals surface area (Å²) in [5, 5.41) is 0.594. The summed E-state index contributed by atoms with van der Waals surface area (Å²) in [5.74, 6) is -3.94. The molecule has 2 aliphatic heterocycles. The van der Waals surface area contributed by atoms with Crippen LogP contribution in [0.15, 0.2) is 27.4 Å². The Kier molecular flexibility index (Phi) is 4.48. The number of carbonyl (C=O) groups excluding carboxylic acids is 3. The number of likely N-dealkylation sites (tertiary alicyclic amines) is 1. The Labute approximate surface area is 163 Å². The van der Waals surface area contributed by atoms with Gasteiger partial charge in [0, 0.05) is 42.0 Å². The Morgan fingerprint density at radius 3 is 2.41 bits per heavy atom. The number of nitrogens with zero attached hydrogens (tertiary/aromatic N) is 2. The van der Waals surface area contributed by atoms with Crippen LogP contribution in [0.5, 0.6) is 0 Å². The quantitative estimate of drug-likeness (QED) is 0.558. The third-order valence-electron chi connectivity index (χ3n) is 5.34. The maximum absolute atomic E-state index is 13.1. The first-order valence-corrected chi connectivity index (χ1v) is 9.19. The van der Waals surface area contributed by atoms with Gasteiger partial charge in [-0.15, -0.1) is 0 Å². The monoisotopic (exact) mass is 404 g/mol. The fourth-order valence-corrected chi connectivity index (χ4v) is 3.71. The van der Waals surface area contributed by atoms with Gasteiger partial charge in [-0.2, -0.15) is 0 Å². The number of aryl methyl sites for hydroxylation is 1. The molecule has 0 spiro atoms. The lowest BCUT2D eigenvalue weighted by Crippen LogP contribution is -2.56. The fraction of sp³-hybridized carbons (Fsp3) is 0.400. The van der Waals surface area contributed by atoms with Crippen molar-refractivity contribution in [3.63, 3.8) is 0 Å². The summed E-state index contributed by atoms with van der Waals surface area (Å²) < 4.78 is 31.5. The molecular formula is C20H18F2N2O5. The highest BCUT2D eigenvalue weighted by Gasteiger charge is 2.44. The number of halogens is 2. The van der Waals surface area contributed by atoms with E-state index in [0.717, 1.165) is 4.90 Å². The largest absolute Gasteiger partial charge is 0.422 e. The van der Waals surface area contributed by atoms with Crippen molar-refractivity contribution in [3.8, 4) is 0 Å². The van der Waals surface area contributed by atoms with Crippen molar-refractivity contribution in [3.05, 3.63) is 39.7 Å². The van der Waals surface area contributed by atoms with E-state index in [9.17, 15) is 28.0 Å². The van der Waals surface area contributed by atoms with Gasteiger partial charge in [0.1, 0.15) is 5.58 Å². The summed E-state index contributed by atoms with van der Waals surface area (Å²) in [6, 6.07) is 4.87. The van der Waals surface area contributed by atoms with Crippen molar-refractivity contribution in [2.45, 2.75) is 32.1 Å². The van der Waals surface area contributed by atoms with E-state index in [1.54, 1.807) is 19.1 Å². The molecule has 4 rings (SSSR count). The zero-order valence-corrected chi connectivity index (χ0v) is 15.7. The predicted molar refractivity (Wildman–Crippen MR) is 99.0 cm³/mol. The molecule has 0 N–H and O–H groups in total. The summed E-state index contributed by atoms with van der Waals surface area (Å²) >= 11 is 0. The van der Waals surface area contributed by atoms with E-state index in [2.05, 4.69) is 0 Å². The molecule has 0 saturated carbocycles. The summed E-state index contributed by atoms with van der Waals surface area (Å²) in [4.78, 5) is 50.5. The van der Waals surface area contributed by atoms with E-state index in [1.807, 2.05) is 0 Å². The van der Waals surface area contributed by atoms with Crippen LogP contribution >= 0.6 is 0 Å². The highest BCUT2D eigenvalue weighted by Crippen LogP contribution is 2.33. The second kappa shape index (κ2) is 6.75. The second-order valence-corrected chi connectivity index (χ2v) is 7.47. The molecule has 29 heavy (non-hydrogen) atoms. The molecule has 2 aliphatic rings. The second-order valence-electron chi connectivity index (χ2n) is 7.47. The normalized spacial score (nSPS) is 18.4. The van der Waals surface area contributed by atoms with Gasteiger partial charge < -0.3 is 9.32 Å². The van der Waals surface area contributed by atoms with Crippen LogP contribution in [0.25, 0.3) is 11.0 Å². The highest BCUT2D eigenvalue weighted by atomic mass is 19.3. The molecule has 9 heteroatoms. The fourth-order valence-electron chi connectivity index (χ4n) is 3.71. The van der Waals surface area contributed by atoms with E-state index in [1.165, 1.54) is 11.0 Å². The minimum atomic E-state index is -2.71. The number of amides is 2. The maximum Gasteiger partial charge on any atom is 0.340 e. The third-order valence-corrected chi connectivity index (χ3v) is 5.34. The molecule has 0 aliphatic carbocycles. The van der Waals surface area contributed by atoms with Crippen LogP contribution in [0.3, 0.4) is 0 Å². The highest BCUT2D eigenvalue weighted by molar-refractivity contribution is 6.05. The van der Waals surface area contributed by atoms with Crippen molar-refractivity contribution < 1.29 is 27.6 Å². The lowest BCUT2D eigenvalue weighted by atomic mass is 10.0. The molecule has 2 fully saturated rings. The molecule has 2 aromatic rings. The Morgan fingerprint density at radius 2 is 1.79 bits per heavy atom. The number of anilines is 1. The van der Waals surface area contributed by atoms with Gasteiger partial charge in [0.25, 0.3) is 5.92 Å². The summed E-state index contributed by atoms with van der Waals surface area (Å²) in [6.45, 7) is 0.534. The first kappa shape index (κ1) is 19.2. The molecule has 7 nitrogen and oxygen atoms in total. The first-order chi connectivity index (χ1) is 13.6. The van der Waals surface area contributed by atoms with Crippen LogP contribution in [0.2, 0.25) is 0 Å². The standard InChI is InChI=1S/C20H18F2N2O5/c1-11-14-3-2-12(23-9-20(21,22)10-23)6-16(14)29-19(28)15(11)7-13(25)8-24-17(26)4-5-18(24)27/h2-3,6H,4-5,7-10H2,1H3. The maximum atomic E-state index is 13.1. The topological polar surface area (TPSA) is 87.9 Å². The number of Topliss-reactive ketones (excluding diaryl/α,β-unsaturated/α-hetero) is 1. The molecule has 2 saturated heterocycles. The van der Waals surface area contributed by atoms with E-state index in [4.69, 9.17) is 4.42 Å². The number of imide groups is 1. The zero-order chi connectivity index (χ0) is 20.9. The minimum Gasteiger partial charge on any atom is -0.422 e. The molecule has 1 aromatic heterocycles. The van der Waals surface area contributed by atoms with Crippen molar-refractivity contribution in [1.29, 1.82) is 0 Å². The average Bonchev–Trinajstić information content (AvgIpc) is 2.94. The van der Waals surface area contributed by atoms with Gasteiger partial charge in [0.05, 0.1) is 19.6 Å². The van der Waals surface area contributed by atoms with Crippen LogP contribution < -0.4 is 10.5 Å². The first-order valence-electron chi connectivity index (χ1n) is 9.19. The van der Waals surface area contributed by atoms with E-state index in [0.29, 0.717) is 16.6 Å². The number of benzene rings is 1. The van der Waals surface area contributed by atoms with Crippen LogP contribution in [0.1, 0.15) is 24.0 Å². The number of hydrogen-bond donors (Lipinski definition) is 0. The SMILES string of the molecule is Cc1c(CC(=O)CN2C(=O)CCC2=O)c(=O)oc2cc(N3CC(F)(F)C3)ccc12. The van der Waals surface area contributed by atoms with Crippen LogP contribution in [-0.4, -0.2) is 48.1 Å². The lowest BCUT2D eigenvalue weighted by Gasteiger charge is -2.40. The van der Waals surface area contributed by atoms with Gasteiger partial charge in [-0.3, -0.25) is 19.3 Å². The molecule has 152 valence electrons. The van der Waals surface area contributed by atoms with Gasteiger partial charge >= 0.3 is 5.63 Å². The number of fused-ring (bicyclic) bond motifs is 1. The van der Waals surface area contributed by atoms with Gasteiger partial charge in [-0.1, -0.05) is 0 Å². The summed E-state index contributed by atoms with van der Waals surface area (Å²) in [5.41, 5.74) is 0.782. The summed E-state index contributed by atoms with van der Waals surface area (Å²) in [7, 11) is 0. The number of hydrogen-bond acceptors (Lipinski definition) is 6. The van der Waals surface area contributed by atoms with Crippen LogP contribution in [-0.2, 0) is 20.8 Å². The van der Waals surface area contributed by atoms with Crippen molar-refractivity contribution in [1.82, 2.24) is 4.90 Å². The molecule has 0 radical (unpaired) electrons. The molecule has 1 aromatic carbocycles. The lowest BCUT2D eigenvalue weighted by molar-refractivity contribution is -0.141. The van der Waals surface area contributed by atoms with Crippen LogP contribution in [0.4, 0.5) is 14.5 Å². The van der Waals surface area contributed by atoms with E-state index < -0.39 is 29.1 Å². The predicted octanol–water partition coefficient (Wildman–Crippen LogP) is 1.82. The Bertz CT molecular complexity index is 1080. The molecule has 3 heterocycles. The van der Waals surface area contributed by atoms with Gasteiger partial charge in [0.15, 0.2) is 5.78 Å². The minimum absolute atomic E-state index is 0.0918. The third kappa shape index (κ3) is 3.52. The van der Waals surface area contributed by atoms with Gasteiger partial charge in [-0.05, 0) is 24.6 Å². The van der Waals surface area contributed by atoms with Crippen molar-refractivity contribution >= 4 is 34.3 Å². The molecule has 0 bridgehead atoms. The van der Waals surface area contributed by atoms with Crippen molar-refractivity contribution in [2.24, 2.45) is 0 Å². The Hall–Kier alpha value is -3.10. The van der Waals surface area contributed by atoms with Crippen molar-refractivity contribution in [2.75, 3.05) is 24.5 Å². The molecular weight excluding hydrogens is 386 g/mol. The number of ketones is 1. The Morgan fingerprint density at radius 1 is 1.14 bits per heavy atom. The zero-order valence-electron chi connectivity index (χ0n) is 15.7. The molecule has 2 amide bonds.